The van der Waals surface area contributed by atoms with Crippen molar-refractivity contribution < 1.29 is 23.5 Å². The summed E-state index contributed by atoms with van der Waals surface area (Å²) in [5.41, 5.74) is 1.92. The second kappa shape index (κ2) is 8.85. The van der Waals surface area contributed by atoms with Gasteiger partial charge in [-0.15, -0.1) is 11.3 Å². The van der Waals surface area contributed by atoms with E-state index in [-0.39, 0.29) is 17.1 Å². The van der Waals surface area contributed by atoms with E-state index in [1.54, 1.807) is 53.9 Å². The van der Waals surface area contributed by atoms with Crippen LogP contribution in [0.15, 0.2) is 58.3 Å². The number of aromatic carboxylic acids is 1. The lowest BCUT2D eigenvalue weighted by molar-refractivity contribution is 0.0699. The zero-order chi connectivity index (χ0) is 21.0. The number of carboxylic acids is 1. The number of benzene rings is 2. The number of nitrogens with one attached hydrogen (secondary N) is 1. The molecule has 2 N–H and O–H groups in total. The molecule has 0 aliphatic heterocycles. The van der Waals surface area contributed by atoms with Crippen molar-refractivity contribution in [3.63, 3.8) is 0 Å². The highest BCUT2D eigenvalue weighted by atomic mass is 35.5. The highest BCUT2D eigenvalue weighted by molar-refractivity contribution is 7.14. The number of oxazole rings is 1. The molecule has 9 heteroatoms. The van der Waals surface area contributed by atoms with Crippen LogP contribution < -0.4 is 5.32 Å². The molecule has 4 rings (SSSR count). The number of aromatic nitrogens is 1. The highest BCUT2D eigenvalue weighted by Crippen LogP contribution is 2.36. The van der Waals surface area contributed by atoms with Gasteiger partial charge in [-0.25, -0.2) is 9.78 Å². The molecule has 0 bridgehead atoms. The number of para-hydroxylation sites is 2. The third kappa shape index (κ3) is 4.28. The average Bonchev–Trinajstić information content (AvgIpc) is 3.34. The van der Waals surface area contributed by atoms with E-state index in [0.717, 1.165) is 0 Å². The minimum atomic E-state index is -1.14. The number of hydrogen-bond donors (Lipinski definition) is 2. The number of alkyl halides is 1. The maximum Gasteiger partial charge on any atom is 0.339 e. The molecule has 0 aliphatic rings. The third-order valence-corrected chi connectivity index (χ3v) is 5.13. The lowest BCUT2D eigenvalue weighted by Gasteiger charge is -2.04. The lowest BCUT2D eigenvalue weighted by Crippen LogP contribution is -2.14. The molecule has 0 radical (unpaired) electrons. The Balaban J connectivity index is 0.00000117. The van der Waals surface area contributed by atoms with Gasteiger partial charge in [0, 0.05) is 10.4 Å². The van der Waals surface area contributed by atoms with Gasteiger partial charge in [-0.3, -0.25) is 9.18 Å². The summed E-state index contributed by atoms with van der Waals surface area (Å²) in [6, 6.07) is 13.8. The Kier molecular flexibility index (Phi) is 6.26. The van der Waals surface area contributed by atoms with Gasteiger partial charge in [0.25, 0.3) is 5.89 Å². The van der Waals surface area contributed by atoms with Gasteiger partial charge < -0.3 is 14.8 Å². The summed E-state index contributed by atoms with van der Waals surface area (Å²) in [6.07, 6.45) is 0. The standard InChI is InChI=1S/C19H11ClN2O4S.CH3F/c20-11-7-5-10(6-8-11)16-15(19(24)25)13(9-27-16)21-17(23)18-22-12-3-1-2-4-14(12)26-18;1-2/h1-9H,(H,21,23)(H,24,25);1H3. The molecule has 2 heterocycles. The molecule has 29 heavy (non-hydrogen) atoms. The molecule has 0 aliphatic carbocycles. The molecule has 148 valence electrons. The van der Waals surface area contributed by atoms with Crippen molar-refractivity contribution in [3.05, 3.63) is 70.4 Å². The Morgan fingerprint density at radius 1 is 1.14 bits per heavy atom. The first-order valence-electron chi connectivity index (χ1n) is 8.18. The number of carbonyl (C=O) groups excluding carboxylic acids is 1. The Bertz CT molecular complexity index is 1140. The summed E-state index contributed by atoms with van der Waals surface area (Å²) in [5.74, 6) is -1.89. The Morgan fingerprint density at radius 3 is 2.48 bits per heavy atom. The molecule has 0 spiro atoms. The van der Waals surface area contributed by atoms with Gasteiger partial charge in [-0.1, -0.05) is 35.9 Å². The maximum absolute atomic E-state index is 12.5. The molecule has 2 aromatic heterocycles. The summed E-state index contributed by atoms with van der Waals surface area (Å²) in [6.45, 7) is 0. The second-order valence-corrected chi connectivity index (χ2v) is 6.92. The van der Waals surface area contributed by atoms with E-state index in [9.17, 15) is 19.1 Å². The van der Waals surface area contributed by atoms with Gasteiger partial charge >= 0.3 is 11.9 Å². The quantitative estimate of drug-likeness (QED) is 0.428. The molecule has 6 nitrogen and oxygen atoms in total. The smallest absolute Gasteiger partial charge is 0.339 e. The minimum Gasteiger partial charge on any atom is -0.478 e. The van der Waals surface area contributed by atoms with Gasteiger partial charge in [0.1, 0.15) is 11.1 Å². The fourth-order valence-electron chi connectivity index (χ4n) is 2.62. The van der Waals surface area contributed by atoms with Gasteiger partial charge in [0.15, 0.2) is 5.58 Å². The zero-order valence-corrected chi connectivity index (χ0v) is 16.6. The van der Waals surface area contributed by atoms with Crippen LogP contribution in [0.2, 0.25) is 5.02 Å². The van der Waals surface area contributed by atoms with Crippen molar-refractivity contribution in [1.82, 2.24) is 4.98 Å². The molecule has 4 aromatic rings. The molecule has 0 fully saturated rings. The van der Waals surface area contributed by atoms with Crippen LogP contribution in [0.1, 0.15) is 21.0 Å². The van der Waals surface area contributed by atoms with Crippen molar-refractivity contribution in [2.24, 2.45) is 0 Å². The molecular weight excluding hydrogens is 419 g/mol. The molecule has 1 amide bonds. The Labute approximate surface area is 173 Å². The fourth-order valence-corrected chi connectivity index (χ4v) is 3.75. The largest absolute Gasteiger partial charge is 0.478 e. The van der Waals surface area contributed by atoms with E-state index in [4.69, 9.17) is 16.0 Å². The van der Waals surface area contributed by atoms with Crippen molar-refractivity contribution in [2.45, 2.75) is 0 Å². The average molecular weight is 433 g/mol. The maximum atomic E-state index is 12.5. The normalized spacial score (nSPS) is 10.3. The first kappa shape index (κ1) is 20.5. The number of thiophene rings is 1. The Hall–Kier alpha value is -3.23. The summed E-state index contributed by atoms with van der Waals surface area (Å²) in [7, 11) is 0.500. The third-order valence-electron chi connectivity index (χ3n) is 3.85. The minimum absolute atomic E-state index is 0.00628. The Morgan fingerprint density at radius 2 is 1.83 bits per heavy atom. The van der Waals surface area contributed by atoms with Crippen LogP contribution in [0, 0.1) is 0 Å². The SMILES string of the molecule is CF.O=C(Nc1csc(-c2ccc(Cl)cc2)c1C(=O)O)c1nc2ccccc2o1. The first-order chi connectivity index (χ1) is 14.0. The van der Waals surface area contributed by atoms with Crippen LogP contribution >= 0.6 is 22.9 Å². The predicted molar refractivity (Wildman–Crippen MR) is 111 cm³/mol. The number of anilines is 1. The second-order valence-electron chi connectivity index (χ2n) is 5.61. The number of nitrogens with zero attached hydrogens (tertiary/aromatic N) is 1. The molecule has 2 aromatic carbocycles. The molecule has 0 saturated heterocycles. The number of fused-ring (bicyclic) bond motifs is 1. The molecule has 0 unspecified atom stereocenters. The number of rotatable bonds is 4. The van der Waals surface area contributed by atoms with E-state index in [1.165, 1.54) is 11.3 Å². The zero-order valence-electron chi connectivity index (χ0n) is 15.0. The summed E-state index contributed by atoms with van der Waals surface area (Å²) in [4.78, 5) is 28.9. The topological polar surface area (TPSA) is 92.4 Å². The highest BCUT2D eigenvalue weighted by Gasteiger charge is 2.23. The van der Waals surface area contributed by atoms with Crippen LogP contribution in [0.4, 0.5) is 10.1 Å². The van der Waals surface area contributed by atoms with E-state index in [2.05, 4.69) is 10.3 Å². The van der Waals surface area contributed by atoms with Gasteiger partial charge in [0.2, 0.25) is 0 Å². The van der Waals surface area contributed by atoms with Crippen molar-refractivity contribution in [3.8, 4) is 10.4 Å². The number of amides is 1. The van der Waals surface area contributed by atoms with E-state index in [0.29, 0.717) is 33.7 Å². The number of halogens is 2. The number of carbonyl (C=O) groups is 2. The molecule has 0 saturated carbocycles. The lowest BCUT2D eigenvalue weighted by atomic mass is 10.1. The van der Waals surface area contributed by atoms with Crippen molar-refractivity contribution >= 4 is 51.6 Å². The summed E-state index contributed by atoms with van der Waals surface area (Å²) >= 11 is 7.11. The molecule has 0 atom stereocenters. The van der Waals surface area contributed by atoms with E-state index < -0.39 is 11.9 Å². The van der Waals surface area contributed by atoms with Crippen LogP contribution in [-0.4, -0.2) is 29.1 Å². The number of hydrogen-bond acceptors (Lipinski definition) is 5. The van der Waals surface area contributed by atoms with E-state index in [1.807, 2.05) is 0 Å². The first-order valence-corrected chi connectivity index (χ1v) is 9.44. The predicted octanol–water partition coefficient (Wildman–Crippen LogP) is 5.75. The van der Waals surface area contributed by atoms with Crippen LogP contribution in [0.3, 0.4) is 0 Å². The van der Waals surface area contributed by atoms with Crippen molar-refractivity contribution in [1.29, 1.82) is 0 Å². The van der Waals surface area contributed by atoms with Crippen LogP contribution in [-0.2, 0) is 0 Å². The van der Waals surface area contributed by atoms with Gasteiger partial charge in [-0.05, 0) is 29.8 Å². The van der Waals surface area contributed by atoms with Gasteiger partial charge in [-0.2, -0.15) is 0 Å². The monoisotopic (exact) mass is 432 g/mol. The van der Waals surface area contributed by atoms with E-state index >= 15 is 0 Å². The van der Waals surface area contributed by atoms with Crippen LogP contribution in [0.25, 0.3) is 21.5 Å². The summed E-state index contributed by atoms with van der Waals surface area (Å²) < 4.78 is 14.9. The fraction of sp³-hybridized carbons (Fsp3) is 0.0500. The van der Waals surface area contributed by atoms with Crippen molar-refractivity contribution in [2.75, 3.05) is 12.5 Å². The van der Waals surface area contributed by atoms with Gasteiger partial charge in [0.05, 0.1) is 17.7 Å². The molecular formula is C20H14ClFN2O4S. The number of carboxylic acid groups (broad SMARTS) is 1. The summed E-state index contributed by atoms with van der Waals surface area (Å²) in [5, 5.41) is 14.3. The van der Waals surface area contributed by atoms with Crippen LogP contribution in [0.5, 0.6) is 0 Å².